The number of carbonyl (C=O) groups excluding carboxylic acids is 1. The number of allylic oxidation sites excluding steroid dienone is 1. The van der Waals surface area contributed by atoms with Crippen molar-refractivity contribution < 1.29 is 4.79 Å². The number of rotatable bonds is 7. The first-order chi connectivity index (χ1) is 14.1. The minimum atomic E-state index is -0.0344. The number of nitrogens with one attached hydrogen (secondary N) is 2. The van der Waals surface area contributed by atoms with E-state index in [4.69, 9.17) is 10.7 Å². The summed E-state index contributed by atoms with van der Waals surface area (Å²) in [7, 11) is 2.00. The van der Waals surface area contributed by atoms with Gasteiger partial charge in [-0.25, -0.2) is 0 Å². The molecule has 1 amide bonds. The van der Waals surface area contributed by atoms with E-state index in [-0.39, 0.29) is 11.9 Å². The van der Waals surface area contributed by atoms with Crippen LogP contribution in [-0.4, -0.2) is 64.7 Å². The number of H-pyrrole nitrogens is 1. The van der Waals surface area contributed by atoms with Gasteiger partial charge in [0.05, 0.1) is 11.1 Å². The Kier molecular flexibility index (Phi) is 6.48. The fourth-order valence-electron chi connectivity index (χ4n) is 3.46. The monoisotopic (exact) mass is 396 g/mol. The summed E-state index contributed by atoms with van der Waals surface area (Å²) in [5.74, 6) is 1.18. The van der Waals surface area contributed by atoms with Crippen molar-refractivity contribution in [2.24, 2.45) is 10.7 Å². The smallest absolute Gasteiger partial charge is 0.246 e. The summed E-state index contributed by atoms with van der Waals surface area (Å²) in [5, 5.41) is 4.04. The first kappa shape index (κ1) is 20.4. The molecule has 0 saturated carbocycles. The first-order valence-electron chi connectivity index (χ1n) is 9.75. The molecule has 1 fully saturated rings. The van der Waals surface area contributed by atoms with Crippen molar-refractivity contribution in [2.45, 2.75) is 25.8 Å². The summed E-state index contributed by atoms with van der Waals surface area (Å²) in [6.07, 6.45) is 8.23. The second kappa shape index (κ2) is 9.22. The maximum Gasteiger partial charge on any atom is 0.246 e. The van der Waals surface area contributed by atoms with Crippen LogP contribution in [0.3, 0.4) is 0 Å². The molecule has 1 aliphatic heterocycles. The number of piperidine rings is 1. The molecule has 1 aliphatic rings. The molecule has 0 bridgehead atoms. The molecule has 154 valence electrons. The van der Waals surface area contributed by atoms with Crippen LogP contribution in [-0.2, 0) is 4.79 Å². The number of fused-ring (bicyclic) bond motifs is 1. The third kappa shape index (κ3) is 4.56. The van der Waals surface area contributed by atoms with Crippen LogP contribution in [0, 0.1) is 0 Å². The molecule has 1 atom stereocenters. The number of nitrogens with zero attached hydrogens (tertiary/aromatic N) is 5. The molecule has 2 aromatic heterocycles. The maximum absolute atomic E-state index is 12.1. The lowest BCUT2D eigenvalue weighted by Gasteiger charge is -2.38. The molecule has 9 heteroatoms. The Labute approximate surface area is 170 Å². The van der Waals surface area contributed by atoms with E-state index in [0.717, 1.165) is 36.2 Å². The third-order valence-electron chi connectivity index (χ3n) is 5.01. The average Bonchev–Trinajstić information content (AvgIpc) is 3.23. The highest BCUT2D eigenvalue weighted by Crippen LogP contribution is 2.28. The van der Waals surface area contributed by atoms with Crippen LogP contribution in [0.2, 0.25) is 0 Å². The standard InChI is InChI=1S/C20H28N8O/c1-4-17(29)28-10-6-7-15(13-28)27(3)19-16-8-9-23-18(16)25-20(26-19)24-14(11-21)12-22-5-2/h4,8-9,11-12,15H,1,5-7,10,13,21H2,2-3H3,(H2,23,24,25,26)/t15-/m1/s1. The van der Waals surface area contributed by atoms with Crippen LogP contribution in [0.1, 0.15) is 19.8 Å². The number of aromatic nitrogens is 3. The zero-order valence-electron chi connectivity index (χ0n) is 16.9. The molecular formula is C20H28N8O. The Bertz CT molecular complexity index is 932. The summed E-state index contributed by atoms with van der Waals surface area (Å²) in [6.45, 7) is 7.60. The number of carbonyl (C=O) groups is 1. The molecule has 29 heavy (non-hydrogen) atoms. The van der Waals surface area contributed by atoms with E-state index in [2.05, 4.69) is 31.8 Å². The van der Waals surface area contributed by atoms with Gasteiger partial charge in [-0.2, -0.15) is 9.97 Å². The minimum absolute atomic E-state index is 0.0344. The van der Waals surface area contributed by atoms with Crippen molar-refractivity contribution in [2.75, 3.05) is 36.9 Å². The van der Waals surface area contributed by atoms with Crippen LogP contribution >= 0.6 is 0 Å². The normalized spacial score (nSPS) is 17.7. The number of anilines is 2. The van der Waals surface area contributed by atoms with Crippen molar-refractivity contribution in [3.8, 4) is 0 Å². The Morgan fingerprint density at radius 2 is 2.38 bits per heavy atom. The molecule has 2 aromatic rings. The van der Waals surface area contributed by atoms with Crippen molar-refractivity contribution in [1.82, 2.24) is 19.9 Å². The fraction of sp³-hybridized carbons (Fsp3) is 0.400. The molecule has 0 aromatic carbocycles. The summed E-state index contributed by atoms with van der Waals surface area (Å²) < 4.78 is 0. The van der Waals surface area contributed by atoms with Gasteiger partial charge in [0.1, 0.15) is 11.5 Å². The van der Waals surface area contributed by atoms with Crippen molar-refractivity contribution >= 4 is 34.9 Å². The largest absolute Gasteiger partial charge is 0.403 e. The van der Waals surface area contributed by atoms with E-state index >= 15 is 0 Å². The van der Waals surface area contributed by atoms with Gasteiger partial charge in [0.2, 0.25) is 11.9 Å². The van der Waals surface area contributed by atoms with Gasteiger partial charge in [0.25, 0.3) is 0 Å². The van der Waals surface area contributed by atoms with Crippen LogP contribution in [0.5, 0.6) is 0 Å². The van der Waals surface area contributed by atoms with Crippen LogP contribution < -0.4 is 16.0 Å². The van der Waals surface area contributed by atoms with Gasteiger partial charge in [-0.3, -0.25) is 9.79 Å². The average molecular weight is 396 g/mol. The molecular weight excluding hydrogens is 368 g/mol. The third-order valence-corrected chi connectivity index (χ3v) is 5.01. The molecule has 3 heterocycles. The lowest BCUT2D eigenvalue weighted by molar-refractivity contribution is -0.127. The fourth-order valence-corrected chi connectivity index (χ4v) is 3.46. The summed E-state index contributed by atoms with van der Waals surface area (Å²) in [6, 6.07) is 2.11. The molecule has 0 aliphatic carbocycles. The second-order valence-corrected chi connectivity index (χ2v) is 6.88. The van der Waals surface area contributed by atoms with E-state index in [1.54, 1.807) is 6.21 Å². The Balaban J connectivity index is 1.89. The first-order valence-corrected chi connectivity index (χ1v) is 9.75. The van der Waals surface area contributed by atoms with Gasteiger partial charge in [-0.15, -0.1) is 0 Å². The summed E-state index contributed by atoms with van der Waals surface area (Å²) in [5.41, 5.74) is 7.03. The topological polar surface area (TPSA) is 116 Å². The van der Waals surface area contributed by atoms with Crippen molar-refractivity contribution in [3.05, 3.63) is 36.8 Å². The van der Waals surface area contributed by atoms with Crippen molar-refractivity contribution in [1.29, 1.82) is 0 Å². The Morgan fingerprint density at radius 3 is 3.10 bits per heavy atom. The predicted molar refractivity (Wildman–Crippen MR) is 117 cm³/mol. The van der Waals surface area contributed by atoms with E-state index in [1.165, 1.54) is 12.3 Å². The van der Waals surface area contributed by atoms with Gasteiger partial charge < -0.3 is 25.8 Å². The van der Waals surface area contributed by atoms with Gasteiger partial charge in [-0.05, 0) is 31.9 Å². The van der Waals surface area contributed by atoms with E-state index in [0.29, 0.717) is 24.7 Å². The minimum Gasteiger partial charge on any atom is -0.403 e. The summed E-state index contributed by atoms with van der Waals surface area (Å²) >= 11 is 0. The highest BCUT2D eigenvalue weighted by molar-refractivity contribution is 5.90. The van der Waals surface area contributed by atoms with E-state index < -0.39 is 0 Å². The number of amides is 1. The Hall–Kier alpha value is -3.36. The highest BCUT2D eigenvalue weighted by Gasteiger charge is 2.27. The second-order valence-electron chi connectivity index (χ2n) is 6.88. The maximum atomic E-state index is 12.1. The molecule has 1 saturated heterocycles. The number of likely N-dealkylation sites (N-methyl/N-ethyl adjacent to an activating group) is 1. The lowest BCUT2D eigenvalue weighted by Crippen LogP contribution is -2.48. The van der Waals surface area contributed by atoms with Gasteiger partial charge in [0, 0.05) is 51.3 Å². The van der Waals surface area contributed by atoms with Crippen LogP contribution in [0.15, 0.2) is 41.8 Å². The molecule has 0 radical (unpaired) electrons. The highest BCUT2D eigenvalue weighted by atomic mass is 16.2. The zero-order chi connectivity index (χ0) is 20.8. The van der Waals surface area contributed by atoms with Crippen LogP contribution in [0.4, 0.5) is 11.8 Å². The van der Waals surface area contributed by atoms with Gasteiger partial charge in [-0.1, -0.05) is 6.58 Å². The van der Waals surface area contributed by atoms with Gasteiger partial charge >= 0.3 is 0 Å². The Morgan fingerprint density at radius 1 is 1.55 bits per heavy atom. The number of aliphatic imine (C=N–C) groups is 1. The number of hydrogen-bond acceptors (Lipinski definition) is 7. The molecule has 4 N–H and O–H groups in total. The van der Waals surface area contributed by atoms with Gasteiger partial charge in [0.15, 0.2) is 0 Å². The van der Waals surface area contributed by atoms with E-state index in [1.807, 2.05) is 31.1 Å². The molecule has 9 nitrogen and oxygen atoms in total. The number of hydrogen-bond donors (Lipinski definition) is 3. The van der Waals surface area contributed by atoms with Crippen molar-refractivity contribution in [3.63, 3.8) is 0 Å². The zero-order valence-corrected chi connectivity index (χ0v) is 16.9. The van der Waals surface area contributed by atoms with E-state index in [9.17, 15) is 4.79 Å². The number of nitrogens with two attached hydrogens (primary N) is 1. The number of likely N-dealkylation sites (tertiary alicyclic amines) is 1. The molecule has 0 unspecified atom stereocenters. The van der Waals surface area contributed by atoms with Crippen LogP contribution in [0.25, 0.3) is 11.0 Å². The summed E-state index contributed by atoms with van der Waals surface area (Å²) in [4.78, 5) is 32.6. The lowest BCUT2D eigenvalue weighted by atomic mass is 10.0. The SMILES string of the molecule is C=CC(=O)N1CCC[C@@H](N(C)c2nc(NC(C=NCC)=CN)nc3[nH]ccc23)C1. The quantitative estimate of drug-likeness (QED) is 0.486. The number of aromatic amines is 1. The molecule has 0 spiro atoms. The predicted octanol–water partition coefficient (Wildman–Crippen LogP) is 1.87. The molecule has 3 rings (SSSR count).